The van der Waals surface area contributed by atoms with Crippen molar-refractivity contribution in [1.82, 2.24) is 10.2 Å². The third-order valence-electron chi connectivity index (χ3n) is 4.04. The van der Waals surface area contributed by atoms with Crippen molar-refractivity contribution in [2.75, 3.05) is 39.9 Å². The summed E-state index contributed by atoms with van der Waals surface area (Å²) in [4.78, 5) is 14.1. The molecule has 0 saturated carbocycles. The molecule has 1 amide bonds. The maximum absolute atomic E-state index is 12.0. The number of rotatable bonds is 6. The molecule has 0 spiro atoms. The minimum absolute atomic E-state index is 0.0683. The number of ether oxygens (including phenoxy) is 1. The summed E-state index contributed by atoms with van der Waals surface area (Å²) in [5, 5.41) is 12.4. The van der Waals surface area contributed by atoms with E-state index in [-0.39, 0.29) is 24.0 Å². The van der Waals surface area contributed by atoms with E-state index in [2.05, 4.69) is 10.2 Å². The fourth-order valence-electron chi connectivity index (χ4n) is 2.10. The number of nitrogens with one attached hydrogen (secondary N) is 1. The van der Waals surface area contributed by atoms with Gasteiger partial charge in [0.15, 0.2) is 0 Å². The Labute approximate surface area is 109 Å². The highest BCUT2D eigenvalue weighted by atomic mass is 16.5. The fourth-order valence-corrected chi connectivity index (χ4v) is 2.10. The number of likely N-dealkylation sites (N-methyl/N-ethyl adjacent to an activating group) is 1. The molecule has 1 aliphatic heterocycles. The van der Waals surface area contributed by atoms with E-state index in [9.17, 15) is 9.90 Å². The van der Waals surface area contributed by atoms with Crippen molar-refractivity contribution in [3.63, 3.8) is 0 Å². The molecular formula is C13H26N2O3. The standard InChI is InChI=1S/C13H26N2O3/c1-4-13(5-2,10-16)9-14-12(17)11-8-15(3)6-7-18-11/h11,16H,4-10H2,1-3H3,(H,14,17). The third-order valence-corrected chi connectivity index (χ3v) is 4.04. The summed E-state index contributed by atoms with van der Waals surface area (Å²) in [5.41, 5.74) is -0.198. The highest BCUT2D eigenvalue weighted by Gasteiger charge is 2.29. The van der Waals surface area contributed by atoms with Gasteiger partial charge < -0.3 is 20.1 Å². The van der Waals surface area contributed by atoms with Crippen LogP contribution in [0.1, 0.15) is 26.7 Å². The first kappa shape index (κ1) is 15.4. The molecule has 18 heavy (non-hydrogen) atoms. The summed E-state index contributed by atoms with van der Waals surface area (Å²) in [6.07, 6.45) is 1.33. The van der Waals surface area contributed by atoms with Crippen molar-refractivity contribution >= 4 is 5.91 Å². The van der Waals surface area contributed by atoms with Gasteiger partial charge in [-0.15, -0.1) is 0 Å². The van der Waals surface area contributed by atoms with Gasteiger partial charge in [-0.25, -0.2) is 0 Å². The average molecular weight is 258 g/mol. The predicted octanol–water partition coefficient (Wildman–Crippen LogP) is 0.232. The number of hydrogen-bond acceptors (Lipinski definition) is 4. The maximum atomic E-state index is 12.0. The zero-order valence-corrected chi connectivity index (χ0v) is 11.7. The molecule has 2 N–H and O–H groups in total. The SMILES string of the molecule is CCC(CC)(CO)CNC(=O)C1CN(C)CCO1. The number of aliphatic hydroxyl groups excluding tert-OH is 1. The van der Waals surface area contributed by atoms with Crippen LogP contribution in [-0.4, -0.2) is 61.9 Å². The first-order valence-electron chi connectivity index (χ1n) is 6.75. The van der Waals surface area contributed by atoms with Crippen LogP contribution in [0.25, 0.3) is 0 Å². The number of hydrogen-bond donors (Lipinski definition) is 2. The van der Waals surface area contributed by atoms with Crippen LogP contribution in [0.2, 0.25) is 0 Å². The van der Waals surface area contributed by atoms with Gasteiger partial charge >= 0.3 is 0 Å². The van der Waals surface area contributed by atoms with Gasteiger partial charge in [-0.05, 0) is 19.9 Å². The highest BCUT2D eigenvalue weighted by molar-refractivity contribution is 5.81. The minimum Gasteiger partial charge on any atom is -0.396 e. The van der Waals surface area contributed by atoms with Crippen LogP contribution >= 0.6 is 0 Å². The molecule has 106 valence electrons. The average Bonchev–Trinajstić information content (AvgIpc) is 2.40. The van der Waals surface area contributed by atoms with Gasteiger partial charge in [-0.2, -0.15) is 0 Å². The molecule has 0 aromatic rings. The van der Waals surface area contributed by atoms with Gasteiger partial charge in [0.2, 0.25) is 5.91 Å². The van der Waals surface area contributed by atoms with E-state index < -0.39 is 0 Å². The Hall–Kier alpha value is -0.650. The summed E-state index contributed by atoms with van der Waals surface area (Å²) in [5.74, 6) is -0.0683. The van der Waals surface area contributed by atoms with Gasteiger partial charge in [0, 0.05) is 25.0 Å². The third kappa shape index (κ3) is 3.93. The monoisotopic (exact) mass is 258 g/mol. The number of nitrogens with zero attached hydrogens (tertiary/aromatic N) is 1. The molecule has 1 fully saturated rings. The van der Waals surface area contributed by atoms with Crippen LogP contribution in [0.5, 0.6) is 0 Å². The largest absolute Gasteiger partial charge is 0.396 e. The van der Waals surface area contributed by atoms with Gasteiger partial charge in [-0.1, -0.05) is 13.8 Å². The molecule has 0 radical (unpaired) electrons. The molecule has 0 aromatic heterocycles. The number of aliphatic hydroxyl groups is 1. The molecule has 0 aliphatic carbocycles. The molecule has 0 aromatic carbocycles. The second kappa shape index (κ2) is 7.07. The predicted molar refractivity (Wildman–Crippen MR) is 70.3 cm³/mol. The van der Waals surface area contributed by atoms with Crippen molar-refractivity contribution in [2.24, 2.45) is 5.41 Å². The first-order chi connectivity index (χ1) is 8.56. The zero-order chi connectivity index (χ0) is 13.6. The fraction of sp³-hybridized carbons (Fsp3) is 0.923. The van der Waals surface area contributed by atoms with Crippen LogP contribution in [0.4, 0.5) is 0 Å². The molecule has 1 aliphatic rings. The second-order valence-electron chi connectivity index (χ2n) is 5.20. The van der Waals surface area contributed by atoms with E-state index in [0.29, 0.717) is 19.7 Å². The molecule has 1 rings (SSSR count). The smallest absolute Gasteiger partial charge is 0.250 e. The Morgan fingerprint density at radius 1 is 1.50 bits per heavy atom. The van der Waals surface area contributed by atoms with Crippen LogP contribution < -0.4 is 5.32 Å². The molecule has 1 heterocycles. The van der Waals surface area contributed by atoms with Crippen LogP contribution in [0.15, 0.2) is 0 Å². The number of carbonyl (C=O) groups is 1. The van der Waals surface area contributed by atoms with Crippen LogP contribution in [0.3, 0.4) is 0 Å². The molecular weight excluding hydrogens is 232 g/mol. The Morgan fingerprint density at radius 2 is 2.17 bits per heavy atom. The van der Waals surface area contributed by atoms with E-state index in [1.54, 1.807) is 0 Å². The van der Waals surface area contributed by atoms with Gasteiger partial charge in [0.1, 0.15) is 6.10 Å². The zero-order valence-electron chi connectivity index (χ0n) is 11.7. The van der Waals surface area contributed by atoms with Crippen LogP contribution in [0, 0.1) is 5.41 Å². The maximum Gasteiger partial charge on any atom is 0.250 e. The van der Waals surface area contributed by atoms with Crippen molar-refractivity contribution in [2.45, 2.75) is 32.8 Å². The first-order valence-corrected chi connectivity index (χ1v) is 6.75. The highest BCUT2D eigenvalue weighted by Crippen LogP contribution is 2.24. The lowest BCUT2D eigenvalue weighted by Crippen LogP contribution is -2.50. The lowest BCUT2D eigenvalue weighted by Gasteiger charge is -2.32. The molecule has 0 bridgehead atoms. The quantitative estimate of drug-likeness (QED) is 0.716. The molecule has 1 saturated heterocycles. The van der Waals surface area contributed by atoms with Crippen molar-refractivity contribution in [3.8, 4) is 0 Å². The van der Waals surface area contributed by atoms with E-state index in [1.807, 2.05) is 20.9 Å². The van der Waals surface area contributed by atoms with Crippen molar-refractivity contribution in [1.29, 1.82) is 0 Å². The lowest BCUT2D eigenvalue weighted by molar-refractivity contribution is -0.138. The Bertz CT molecular complexity index is 259. The Kier molecular flexibility index (Phi) is 6.05. The van der Waals surface area contributed by atoms with Crippen LogP contribution in [-0.2, 0) is 9.53 Å². The summed E-state index contributed by atoms with van der Waals surface area (Å²) < 4.78 is 5.46. The molecule has 5 nitrogen and oxygen atoms in total. The van der Waals surface area contributed by atoms with Crippen molar-refractivity contribution in [3.05, 3.63) is 0 Å². The molecule has 1 unspecified atom stereocenters. The van der Waals surface area contributed by atoms with Gasteiger partial charge in [0.05, 0.1) is 13.2 Å². The van der Waals surface area contributed by atoms with E-state index in [0.717, 1.165) is 19.4 Å². The van der Waals surface area contributed by atoms with Crippen molar-refractivity contribution < 1.29 is 14.6 Å². The molecule has 1 atom stereocenters. The minimum atomic E-state index is -0.381. The second-order valence-corrected chi connectivity index (χ2v) is 5.20. The summed E-state index contributed by atoms with van der Waals surface area (Å²) in [6.45, 7) is 6.80. The van der Waals surface area contributed by atoms with E-state index in [4.69, 9.17) is 4.74 Å². The van der Waals surface area contributed by atoms with Gasteiger partial charge in [0.25, 0.3) is 0 Å². The molecule has 5 heteroatoms. The summed E-state index contributed by atoms with van der Waals surface area (Å²) >= 11 is 0. The summed E-state index contributed by atoms with van der Waals surface area (Å²) in [7, 11) is 1.99. The number of morpholine rings is 1. The Balaban J connectivity index is 2.44. The summed E-state index contributed by atoms with van der Waals surface area (Å²) in [6, 6.07) is 0. The Morgan fingerprint density at radius 3 is 2.67 bits per heavy atom. The van der Waals surface area contributed by atoms with E-state index in [1.165, 1.54) is 0 Å². The lowest BCUT2D eigenvalue weighted by atomic mass is 9.83. The van der Waals surface area contributed by atoms with Gasteiger partial charge in [-0.3, -0.25) is 4.79 Å². The topological polar surface area (TPSA) is 61.8 Å². The number of amides is 1. The van der Waals surface area contributed by atoms with E-state index >= 15 is 0 Å². The number of carbonyl (C=O) groups excluding carboxylic acids is 1. The normalized spacial score (nSPS) is 21.9.